The largest absolute Gasteiger partial charge is 0.480 e. The van der Waals surface area contributed by atoms with Gasteiger partial charge in [0.25, 0.3) is 0 Å². The number of amides is 2. The van der Waals surface area contributed by atoms with Gasteiger partial charge >= 0.3 is 18.2 Å². The van der Waals surface area contributed by atoms with Crippen molar-refractivity contribution >= 4 is 18.2 Å². The molecule has 0 aromatic heterocycles. The third-order valence-corrected chi connectivity index (χ3v) is 6.41. The van der Waals surface area contributed by atoms with Crippen LogP contribution in [0.1, 0.15) is 43.2 Å². The minimum atomic E-state index is -1.49. The third kappa shape index (κ3) is 5.27. The van der Waals surface area contributed by atoms with Crippen LogP contribution in [0.25, 0.3) is 0 Å². The Morgan fingerprint density at radius 3 is 1.91 bits per heavy atom. The lowest BCUT2D eigenvalue weighted by Crippen LogP contribution is -2.67. The zero-order valence-electron chi connectivity index (χ0n) is 18.3. The lowest BCUT2D eigenvalue weighted by atomic mass is 9.73. The Labute approximate surface area is 192 Å². The van der Waals surface area contributed by atoms with E-state index in [2.05, 4.69) is 5.32 Å². The highest BCUT2D eigenvalue weighted by molar-refractivity contribution is 5.85. The zero-order valence-corrected chi connectivity index (χ0v) is 18.3. The molecule has 0 spiro atoms. The fraction of sp³-hybridized carbons (Fsp3) is 0.400. The van der Waals surface area contributed by atoms with Crippen LogP contribution in [0, 0.1) is 0 Å². The maximum absolute atomic E-state index is 12.9. The van der Waals surface area contributed by atoms with Crippen LogP contribution < -0.4 is 5.32 Å². The number of hydrogen-bond acceptors (Lipinski definition) is 5. The lowest BCUT2D eigenvalue weighted by molar-refractivity contribution is -0.150. The summed E-state index contributed by atoms with van der Waals surface area (Å²) in [6, 6.07) is 17.9. The predicted molar refractivity (Wildman–Crippen MR) is 119 cm³/mol. The first-order valence-corrected chi connectivity index (χ1v) is 11.2. The number of carboxylic acid groups (broad SMARTS) is 1. The van der Waals surface area contributed by atoms with Gasteiger partial charge in [-0.1, -0.05) is 60.7 Å². The SMILES string of the molecule is O=C(NC1(C(=O)O)CC2CCCC(C1)N2C(=O)OCc1ccccc1)OCc1ccccc1. The maximum Gasteiger partial charge on any atom is 0.410 e. The summed E-state index contributed by atoms with van der Waals surface area (Å²) in [7, 11) is 0. The summed E-state index contributed by atoms with van der Waals surface area (Å²) in [6.45, 7) is 0.205. The summed E-state index contributed by atoms with van der Waals surface area (Å²) in [5.74, 6) is -1.12. The number of benzene rings is 2. The molecule has 2 heterocycles. The van der Waals surface area contributed by atoms with Crippen molar-refractivity contribution in [3.8, 4) is 0 Å². The molecule has 0 aliphatic carbocycles. The van der Waals surface area contributed by atoms with Crippen LogP contribution in [0.3, 0.4) is 0 Å². The molecule has 2 aliphatic heterocycles. The number of nitrogens with zero attached hydrogens (tertiary/aromatic N) is 1. The van der Waals surface area contributed by atoms with Gasteiger partial charge in [-0.2, -0.15) is 0 Å². The molecule has 2 fully saturated rings. The van der Waals surface area contributed by atoms with Crippen molar-refractivity contribution < 1.29 is 29.0 Å². The van der Waals surface area contributed by atoms with Gasteiger partial charge in [0.05, 0.1) is 0 Å². The summed E-state index contributed by atoms with van der Waals surface area (Å²) in [5.41, 5.74) is 0.209. The molecular weight excluding hydrogens is 424 g/mol. The van der Waals surface area contributed by atoms with Gasteiger partial charge in [0, 0.05) is 24.9 Å². The molecule has 2 atom stereocenters. The molecule has 0 radical (unpaired) electrons. The minimum Gasteiger partial charge on any atom is -0.480 e. The van der Waals surface area contributed by atoms with Crippen molar-refractivity contribution in [3.63, 3.8) is 0 Å². The lowest BCUT2D eigenvalue weighted by Gasteiger charge is -2.51. The predicted octanol–water partition coefficient (Wildman–Crippen LogP) is 4.09. The molecule has 174 valence electrons. The smallest absolute Gasteiger partial charge is 0.410 e. The maximum atomic E-state index is 12.9. The molecule has 2 amide bonds. The summed E-state index contributed by atoms with van der Waals surface area (Å²) >= 11 is 0. The molecule has 2 N–H and O–H groups in total. The number of carbonyl (C=O) groups excluding carboxylic acids is 2. The average Bonchev–Trinajstić information content (AvgIpc) is 2.82. The van der Waals surface area contributed by atoms with E-state index >= 15 is 0 Å². The molecule has 2 unspecified atom stereocenters. The van der Waals surface area contributed by atoms with Crippen LogP contribution >= 0.6 is 0 Å². The van der Waals surface area contributed by atoms with Gasteiger partial charge in [-0.05, 0) is 30.4 Å². The number of rotatable bonds is 6. The van der Waals surface area contributed by atoms with E-state index in [-0.39, 0.29) is 38.1 Å². The van der Waals surface area contributed by atoms with Crippen molar-refractivity contribution in [3.05, 3.63) is 71.8 Å². The number of aliphatic carboxylic acids is 1. The van der Waals surface area contributed by atoms with E-state index in [1.165, 1.54) is 0 Å². The minimum absolute atomic E-state index is 0.0488. The summed E-state index contributed by atoms with van der Waals surface area (Å²) in [5, 5.41) is 12.7. The second-order valence-electron chi connectivity index (χ2n) is 8.67. The van der Waals surface area contributed by atoms with Crippen molar-refractivity contribution in [1.29, 1.82) is 0 Å². The topological polar surface area (TPSA) is 105 Å². The van der Waals surface area contributed by atoms with Gasteiger partial charge < -0.3 is 24.8 Å². The molecule has 8 heteroatoms. The Morgan fingerprint density at radius 1 is 0.879 bits per heavy atom. The number of nitrogens with one attached hydrogen (secondary N) is 1. The molecule has 4 rings (SSSR count). The van der Waals surface area contributed by atoms with E-state index in [1.807, 2.05) is 60.7 Å². The van der Waals surface area contributed by atoms with Crippen molar-refractivity contribution in [1.82, 2.24) is 10.2 Å². The van der Waals surface area contributed by atoms with Crippen LogP contribution in [-0.2, 0) is 27.5 Å². The molecule has 2 saturated heterocycles. The van der Waals surface area contributed by atoms with Gasteiger partial charge in [0.15, 0.2) is 0 Å². The van der Waals surface area contributed by atoms with Gasteiger partial charge in [0.2, 0.25) is 0 Å². The quantitative estimate of drug-likeness (QED) is 0.684. The Hall–Kier alpha value is -3.55. The Balaban J connectivity index is 1.41. The Kier molecular flexibility index (Phi) is 6.82. The van der Waals surface area contributed by atoms with E-state index in [4.69, 9.17) is 9.47 Å². The Morgan fingerprint density at radius 2 is 1.39 bits per heavy atom. The molecular formula is C25H28N2O6. The number of ether oxygens (including phenoxy) is 2. The number of fused-ring (bicyclic) bond motifs is 2. The van der Waals surface area contributed by atoms with Crippen molar-refractivity contribution in [2.45, 2.75) is 62.9 Å². The summed E-state index contributed by atoms with van der Waals surface area (Å²) in [6.07, 6.45) is 1.21. The molecule has 2 aromatic carbocycles. The molecule has 0 saturated carbocycles. The standard InChI is InChI=1S/C25H28N2O6/c28-22(29)25(26-23(30)32-16-18-8-3-1-4-9-18)14-20-12-7-13-21(15-25)27(20)24(31)33-17-19-10-5-2-6-11-19/h1-6,8-11,20-21H,7,12-17H2,(H,26,30)(H,28,29). The van der Waals surface area contributed by atoms with Crippen LogP contribution in [0.15, 0.2) is 60.7 Å². The van der Waals surface area contributed by atoms with E-state index in [0.29, 0.717) is 12.8 Å². The second-order valence-corrected chi connectivity index (χ2v) is 8.67. The third-order valence-electron chi connectivity index (χ3n) is 6.41. The number of piperidine rings is 2. The van der Waals surface area contributed by atoms with Gasteiger partial charge in [0.1, 0.15) is 18.8 Å². The summed E-state index contributed by atoms with van der Waals surface area (Å²) < 4.78 is 10.8. The average molecular weight is 453 g/mol. The van der Waals surface area contributed by atoms with Crippen LogP contribution in [0.5, 0.6) is 0 Å². The normalized spacial score (nSPS) is 23.9. The number of alkyl carbamates (subject to hydrolysis) is 1. The van der Waals surface area contributed by atoms with Gasteiger partial charge in [-0.25, -0.2) is 14.4 Å². The van der Waals surface area contributed by atoms with Gasteiger partial charge in [-0.15, -0.1) is 0 Å². The molecule has 8 nitrogen and oxygen atoms in total. The molecule has 2 aromatic rings. The molecule has 33 heavy (non-hydrogen) atoms. The first kappa shape index (κ1) is 22.6. The highest BCUT2D eigenvalue weighted by Gasteiger charge is 2.53. The van der Waals surface area contributed by atoms with Crippen LogP contribution in [-0.4, -0.2) is 45.8 Å². The van der Waals surface area contributed by atoms with Crippen molar-refractivity contribution in [2.24, 2.45) is 0 Å². The summed E-state index contributed by atoms with van der Waals surface area (Å²) in [4.78, 5) is 39.3. The molecule has 2 aliphatic rings. The van der Waals surface area contributed by atoms with E-state index in [0.717, 1.165) is 17.5 Å². The monoisotopic (exact) mass is 452 g/mol. The van der Waals surface area contributed by atoms with Gasteiger partial charge in [-0.3, -0.25) is 0 Å². The van der Waals surface area contributed by atoms with Crippen LogP contribution in [0.4, 0.5) is 9.59 Å². The highest BCUT2D eigenvalue weighted by Crippen LogP contribution is 2.40. The Bertz CT molecular complexity index is 967. The fourth-order valence-corrected chi connectivity index (χ4v) is 4.83. The highest BCUT2D eigenvalue weighted by atomic mass is 16.6. The molecule has 2 bridgehead atoms. The van der Waals surface area contributed by atoms with E-state index in [9.17, 15) is 19.5 Å². The first-order valence-electron chi connectivity index (χ1n) is 11.2. The fourth-order valence-electron chi connectivity index (χ4n) is 4.83. The number of carbonyl (C=O) groups is 3. The van der Waals surface area contributed by atoms with Crippen molar-refractivity contribution in [2.75, 3.05) is 0 Å². The van der Waals surface area contributed by atoms with Crippen LogP contribution in [0.2, 0.25) is 0 Å². The number of carboxylic acids is 1. The van der Waals surface area contributed by atoms with E-state index in [1.54, 1.807) is 4.90 Å². The second kappa shape index (κ2) is 9.94. The first-order chi connectivity index (χ1) is 16.0. The number of hydrogen-bond donors (Lipinski definition) is 2. The zero-order chi connectivity index (χ0) is 23.3. The van der Waals surface area contributed by atoms with E-state index < -0.39 is 23.7 Å².